The van der Waals surface area contributed by atoms with E-state index in [1.807, 2.05) is 26.0 Å². The molecule has 1 aromatic rings. The standard InChI is InChI=1S/C13H19NO2/c1-4-16-12(15)11-7-5-10(6-8-11)9-13(2,3)14/h5-8H,4,9,14H2,1-3H3. The first-order valence-corrected chi connectivity index (χ1v) is 5.47. The predicted molar refractivity (Wildman–Crippen MR) is 64.4 cm³/mol. The molecule has 0 aliphatic carbocycles. The number of nitrogens with two attached hydrogens (primary N) is 1. The molecule has 0 saturated carbocycles. The maximum Gasteiger partial charge on any atom is 0.338 e. The number of benzene rings is 1. The molecule has 0 aliphatic heterocycles. The van der Waals surface area contributed by atoms with E-state index in [1.54, 1.807) is 19.1 Å². The summed E-state index contributed by atoms with van der Waals surface area (Å²) in [5, 5.41) is 0. The minimum absolute atomic E-state index is 0.231. The van der Waals surface area contributed by atoms with Crippen molar-refractivity contribution in [2.75, 3.05) is 6.61 Å². The third-order valence-corrected chi connectivity index (χ3v) is 2.12. The smallest absolute Gasteiger partial charge is 0.338 e. The van der Waals surface area contributed by atoms with E-state index >= 15 is 0 Å². The molecule has 16 heavy (non-hydrogen) atoms. The van der Waals surface area contributed by atoms with Gasteiger partial charge in [0.05, 0.1) is 12.2 Å². The minimum Gasteiger partial charge on any atom is -0.462 e. The summed E-state index contributed by atoms with van der Waals surface area (Å²) in [6, 6.07) is 7.39. The van der Waals surface area contributed by atoms with E-state index in [-0.39, 0.29) is 11.5 Å². The largest absolute Gasteiger partial charge is 0.462 e. The third kappa shape index (κ3) is 4.03. The van der Waals surface area contributed by atoms with Gasteiger partial charge in [-0.3, -0.25) is 0 Å². The summed E-state index contributed by atoms with van der Waals surface area (Å²) in [5.74, 6) is -0.277. The van der Waals surface area contributed by atoms with Gasteiger partial charge in [-0.1, -0.05) is 12.1 Å². The lowest BCUT2D eigenvalue weighted by molar-refractivity contribution is 0.0526. The van der Waals surface area contributed by atoms with Gasteiger partial charge >= 0.3 is 5.97 Å². The van der Waals surface area contributed by atoms with Gasteiger partial charge in [-0.25, -0.2) is 4.79 Å². The van der Waals surface area contributed by atoms with Crippen molar-refractivity contribution in [3.63, 3.8) is 0 Å². The summed E-state index contributed by atoms with van der Waals surface area (Å²) in [6.45, 7) is 6.15. The van der Waals surface area contributed by atoms with Crippen molar-refractivity contribution in [1.82, 2.24) is 0 Å². The van der Waals surface area contributed by atoms with Crippen LogP contribution in [0.1, 0.15) is 36.7 Å². The van der Waals surface area contributed by atoms with Crippen LogP contribution >= 0.6 is 0 Å². The molecule has 0 heterocycles. The van der Waals surface area contributed by atoms with E-state index in [0.717, 1.165) is 12.0 Å². The van der Waals surface area contributed by atoms with Gasteiger partial charge in [0.25, 0.3) is 0 Å². The van der Waals surface area contributed by atoms with Crippen molar-refractivity contribution in [2.45, 2.75) is 32.7 Å². The molecule has 0 aliphatic rings. The van der Waals surface area contributed by atoms with Gasteiger partial charge in [-0.15, -0.1) is 0 Å². The maximum absolute atomic E-state index is 11.4. The molecule has 0 atom stereocenters. The van der Waals surface area contributed by atoms with Gasteiger partial charge < -0.3 is 10.5 Å². The quantitative estimate of drug-likeness (QED) is 0.792. The number of carbonyl (C=O) groups is 1. The summed E-state index contributed by atoms with van der Waals surface area (Å²) in [5.41, 5.74) is 7.40. The van der Waals surface area contributed by atoms with E-state index in [2.05, 4.69) is 0 Å². The molecule has 0 saturated heterocycles. The first kappa shape index (κ1) is 12.7. The molecular weight excluding hydrogens is 202 g/mol. The molecule has 0 bridgehead atoms. The molecule has 0 fully saturated rings. The molecule has 88 valence electrons. The van der Waals surface area contributed by atoms with Crippen LogP contribution in [0.4, 0.5) is 0 Å². The van der Waals surface area contributed by atoms with E-state index in [9.17, 15) is 4.79 Å². The molecule has 0 spiro atoms. The van der Waals surface area contributed by atoms with Crippen LogP contribution < -0.4 is 5.73 Å². The van der Waals surface area contributed by atoms with Crippen molar-refractivity contribution < 1.29 is 9.53 Å². The highest BCUT2D eigenvalue weighted by Gasteiger charge is 2.12. The van der Waals surface area contributed by atoms with Crippen molar-refractivity contribution in [3.05, 3.63) is 35.4 Å². The zero-order chi connectivity index (χ0) is 12.2. The highest BCUT2D eigenvalue weighted by atomic mass is 16.5. The van der Waals surface area contributed by atoms with Gasteiger partial charge in [-0.2, -0.15) is 0 Å². The molecule has 0 amide bonds. The first-order chi connectivity index (χ1) is 7.42. The van der Waals surface area contributed by atoms with E-state index in [0.29, 0.717) is 12.2 Å². The van der Waals surface area contributed by atoms with Crippen molar-refractivity contribution in [1.29, 1.82) is 0 Å². The number of hydrogen-bond donors (Lipinski definition) is 1. The lowest BCUT2D eigenvalue weighted by Crippen LogP contribution is -2.34. The Morgan fingerprint density at radius 3 is 2.31 bits per heavy atom. The molecule has 3 heteroatoms. The van der Waals surface area contributed by atoms with Gasteiger partial charge in [0.2, 0.25) is 0 Å². The van der Waals surface area contributed by atoms with Crippen molar-refractivity contribution >= 4 is 5.97 Å². The maximum atomic E-state index is 11.4. The highest BCUT2D eigenvalue weighted by Crippen LogP contribution is 2.12. The van der Waals surface area contributed by atoms with Crippen LogP contribution in [-0.2, 0) is 11.2 Å². The van der Waals surface area contributed by atoms with E-state index < -0.39 is 0 Å². The van der Waals surface area contributed by atoms with Gasteiger partial charge in [0.15, 0.2) is 0 Å². The molecular formula is C13H19NO2. The Balaban J connectivity index is 2.72. The summed E-state index contributed by atoms with van der Waals surface area (Å²) in [6.07, 6.45) is 0.788. The average molecular weight is 221 g/mol. The number of hydrogen-bond acceptors (Lipinski definition) is 3. The topological polar surface area (TPSA) is 52.3 Å². The Morgan fingerprint density at radius 2 is 1.88 bits per heavy atom. The molecule has 0 aromatic heterocycles. The van der Waals surface area contributed by atoms with E-state index in [4.69, 9.17) is 10.5 Å². The van der Waals surface area contributed by atoms with Crippen LogP contribution in [-0.4, -0.2) is 18.1 Å². The molecule has 3 nitrogen and oxygen atoms in total. The summed E-state index contributed by atoms with van der Waals surface area (Å²) in [4.78, 5) is 11.4. The summed E-state index contributed by atoms with van der Waals surface area (Å²) < 4.78 is 4.91. The lowest BCUT2D eigenvalue weighted by atomic mass is 9.96. The predicted octanol–water partition coefficient (Wildman–Crippen LogP) is 2.14. The second-order valence-corrected chi connectivity index (χ2v) is 4.58. The molecule has 2 N–H and O–H groups in total. The zero-order valence-electron chi connectivity index (χ0n) is 10.1. The van der Waals surface area contributed by atoms with Crippen LogP contribution in [0.25, 0.3) is 0 Å². The van der Waals surface area contributed by atoms with Crippen LogP contribution in [0.3, 0.4) is 0 Å². The third-order valence-electron chi connectivity index (χ3n) is 2.12. The number of rotatable bonds is 4. The first-order valence-electron chi connectivity index (χ1n) is 5.47. The van der Waals surface area contributed by atoms with Crippen LogP contribution in [0, 0.1) is 0 Å². The highest BCUT2D eigenvalue weighted by molar-refractivity contribution is 5.89. The zero-order valence-corrected chi connectivity index (χ0v) is 10.1. The Kier molecular flexibility index (Phi) is 4.07. The Bertz CT molecular complexity index is 349. The lowest BCUT2D eigenvalue weighted by Gasteiger charge is -2.18. The van der Waals surface area contributed by atoms with Crippen LogP contribution in [0.5, 0.6) is 0 Å². The summed E-state index contributed by atoms with van der Waals surface area (Å²) >= 11 is 0. The second kappa shape index (κ2) is 5.12. The Labute approximate surface area is 96.6 Å². The van der Waals surface area contributed by atoms with Gasteiger partial charge in [0, 0.05) is 5.54 Å². The van der Waals surface area contributed by atoms with Crippen LogP contribution in [0.15, 0.2) is 24.3 Å². The van der Waals surface area contributed by atoms with E-state index in [1.165, 1.54) is 0 Å². The second-order valence-electron chi connectivity index (χ2n) is 4.58. The number of ether oxygens (including phenoxy) is 1. The molecule has 1 rings (SSSR count). The van der Waals surface area contributed by atoms with Gasteiger partial charge in [0.1, 0.15) is 0 Å². The van der Waals surface area contributed by atoms with Crippen LogP contribution in [0.2, 0.25) is 0 Å². The fourth-order valence-corrected chi connectivity index (χ4v) is 1.50. The van der Waals surface area contributed by atoms with Crippen molar-refractivity contribution in [2.24, 2.45) is 5.73 Å². The average Bonchev–Trinajstić information content (AvgIpc) is 2.16. The monoisotopic (exact) mass is 221 g/mol. The Hall–Kier alpha value is -1.35. The molecule has 0 radical (unpaired) electrons. The molecule has 0 unspecified atom stereocenters. The number of esters is 1. The fraction of sp³-hybridized carbons (Fsp3) is 0.462. The Morgan fingerprint density at radius 1 is 1.31 bits per heavy atom. The SMILES string of the molecule is CCOC(=O)c1ccc(CC(C)(C)N)cc1. The molecule has 1 aromatic carbocycles. The normalized spacial score (nSPS) is 11.2. The fourth-order valence-electron chi connectivity index (χ4n) is 1.50. The van der Waals surface area contributed by atoms with Gasteiger partial charge in [-0.05, 0) is 44.9 Å². The van der Waals surface area contributed by atoms with Crippen molar-refractivity contribution in [3.8, 4) is 0 Å². The number of carbonyl (C=O) groups excluding carboxylic acids is 1. The minimum atomic E-state index is -0.277. The summed E-state index contributed by atoms with van der Waals surface area (Å²) in [7, 11) is 0.